The first-order chi connectivity index (χ1) is 34.3. The molecule has 0 aromatic heterocycles. The van der Waals surface area contributed by atoms with Gasteiger partial charge in [-0.15, -0.1) is 0 Å². The van der Waals surface area contributed by atoms with Gasteiger partial charge in [0.25, 0.3) is 0 Å². The van der Waals surface area contributed by atoms with E-state index in [1.54, 1.807) is 45.0 Å². The monoisotopic (exact) mass is 1030 g/mol. The van der Waals surface area contributed by atoms with Crippen molar-refractivity contribution in [1.82, 2.24) is 30.7 Å². The molecule has 2 heterocycles. The number of carbonyl (C=O) groups is 9. The molecule has 1 aromatic rings. The lowest BCUT2D eigenvalue weighted by molar-refractivity contribution is -0.163. The zero-order valence-electron chi connectivity index (χ0n) is 45.9. The molecule has 19 heteroatoms. The Balaban J connectivity index is 2.28. The minimum atomic E-state index is -1.66. The van der Waals surface area contributed by atoms with E-state index in [9.17, 15) is 48.3 Å². The highest BCUT2D eigenvalue weighted by molar-refractivity contribution is 6.05. The molecule has 2 saturated heterocycles. The van der Waals surface area contributed by atoms with Gasteiger partial charge in [0.05, 0.1) is 31.6 Å². The van der Waals surface area contributed by atoms with E-state index >= 15 is 0 Å². The number of amides is 6. The fourth-order valence-corrected chi connectivity index (χ4v) is 9.28. The molecule has 1 unspecified atom stereocenters. The number of hydrogen-bond acceptors (Lipinski definition) is 13. The normalized spacial score (nSPS) is 26.4. The standard InChI is InChI=1S/C54H86N6O13/c1-15-17-20-43(62)58(12)40(27-31(5)6)50(66)57-46-35(11)72-54(70)41(28-36-21-23-37(71-14)24-22-36)59(13)53(69)39-19-18-25-60(39)52(68)38(26-30(3)4)55-49(65)34(10)47(64)48(32(7)8)73-44(63)29-42(61)45(33(9)16-2)56-51(46)67/h21-24,30-35,38-42,45-46,48,61H,15-20,25-29H2,1-14H3,(H,55,65)(H,56,67)(H,57,66)/t33-,34-,35+,38-,39-,40+,41-,42-,45+,46-,48?/m0/s1. The molecule has 2 aliphatic heterocycles. The molecule has 2 fully saturated rings. The van der Waals surface area contributed by atoms with Gasteiger partial charge in [0.2, 0.25) is 35.4 Å². The van der Waals surface area contributed by atoms with Crippen LogP contribution in [0, 0.1) is 29.6 Å². The van der Waals surface area contributed by atoms with Crippen LogP contribution in [0.2, 0.25) is 0 Å². The summed E-state index contributed by atoms with van der Waals surface area (Å²) >= 11 is 0. The Morgan fingerprint density at radius 2 is 1.55 bits per heavy atom. The van der Waals surface area contributed by atoms with Crippen molar-refractivity contribution in [3.05, 3.63) is 29.8 Å². The van der Waals surface area contributed by atoms with Crippen molar-refractivity contribution in [3.8, 4) is 5.75 Å². The molecule has 0 saturated carbocycles. The Kier molecular flexibility index (Phi) is 24.3. The molecule has 3 rings (SSSR count). The van der Waals surface area contributed by atoms with E-state index in [1.165, 1.54) is 49.8 Å². The van der Waals surface area contributed by atoms with E-state index in [2.05, 4.69) is 16.0 Å². The minimum Gasteiger partial charge on any atom is -0.497 e. The van der Waals surface area contributed by atoms with Gasteiger partial charge in [0.1, 0.15) is 42.1 Å². The van der Waals surface area contributed by atoms with Crippen molar-refractivity contribution in [2.24, 2.45) is 29.6 Å². The van der Waals surface area contributed by atoms with E-state index in [-0.39, 0.29) is 56.4 Å². The Bertz CT molecular complexity index is 2060. The Labute approximate surface area is 432 Å². The average molecular weight is 1030 g/mol. The molecule has 2 aliphatic rings. The lowest BCUT2D eigenvalue weighted by Crippen LogP contribution is -2.61. The van der Waals surface area contributed by atoms with Crippen LogP contribution in [0.25, 0.3) is 0 Å². The number of likely N-dealkylation sites (N-methyl/N-ethyl adjacent to an activating group) is 2. The maximum absolute atomic E-state index is 14.8. The number of nitrogens with one attached hydrogen (secondary N) is 3. The van der Waals surface area contributed by atoms with Crippen molar-refractivity contribution in [2.45, 2.75) is 195 Å². The van der Waals surface area contributed by atoms with Crippen LogP contribution in [0.15, 0.2) is 24.3 Å². The van der Waals surface area contributed by atoms with Crippen molar-refractivity contribution >= 4 is 53.2 Å². The highest BCUT2D eigenvalue weighted by Gasteiger charge is 2.45. The summed E-state index contributed by atoms with van der Waals surface area (Å²) in [5.74, 6) is -8.64. The summed E-state index contributed by atoms with van der Waals surface area (Å²) in [5, 5.41) is 20.1. The van der Waals surface area contributed by atoms with E-state index < -0.39 is 126 Å². The first kappa shape index (κ1) is 61.7. The highest BCUT2D eigenvalue weighted by Crippen LogP contribution is 2.26. The third kappa shape index (κ3) is 17.2. The predicted molar refractivity (Wildman–Crippen MR) is 273 cm³/mol. The van der Waals surface area contributed by atoms with Crippen molar-refractivity contribution < 1.29 is 62.5 Å². The number of nitrogens with zero attached hydrogens (tertiary/aromatic N) is 3. The predicted octanol–water partition coefficient (Wildman–Crippen LogP) is 4.13. The summed E-state index contributed by atoms with van der Waals surface area (Å²) in [6, 6.07) is -0.605. The van der Waals surface area contributed by atoms with Gasteiger partial charge < -0.3 is 50.0 Å². The van der Waals surface area contributed by atoms with Gasteiger partial charge in [-0.1, -0.05) is 87.3 Å². The number of ether oxygens (including phenoxy) is 3. The molecule has 0 spiro atoms. The fraction of sp³-hybridized carbons (Fsp3) is 0.722. The number of hydrogen-bond donors (Lipinski definition) is 4. The number of Topliss-reactive ketones (excluding diaryl/α,β-unsaturated/α-hetero) is 1. The second kappa shape index (κ2) is 28.8. The maximum Gasteiger partial charge on any atom is 0.329 e. The van der Waals surface area contributed by atoms with E-state index in [0.717, 1.165) is 6.42 Å². The van der Waals surface area contributed by atoms with E-state index in [4.69, 9.17) is 14.2 Å². The third-order valence-electron chi connectivity index (χ3n) is 14.1. The van der Waals surface area contributed by atoms with Crippen LogP contribution in [0.1, 0.15) is 140 Å². The van der Waals surface area contributed by atoms with E-state index in [0.29, 0.717) is 30.6 Å². The number of unbranched alkanes of at least 4 members (excludes halogenated alkanes) is 1. The average Bonchev–Trinajstić information content (AvgIpc) is 3.84. The van der Waals surface area contributed by atoms with Crippen molar-refractivity contribution in [1.29, 1.82) is 0 Å². The quantitative estimate of drug-likeness (QED) is 0.135. The molecule has 19 nitrogen and oxygen atoms in total. The molecule has 0 radical (unpaired) electrons. The second-order valence-electron chi connectivity index (χ2n) is 21.2. The second-order valence-corrected chi connectivity index (χ2v) is 21.2. The number of fused-ring (bicyclic) bond motifs is 1. The number of aliphatic hydroxyl groups is 1. The summed E-state index contributed by atoms with van der Waals surface area (Å²) in [5.41, 5.74) is 0.605. The summed E-state index contributed by atoms with van der Waals surface area (Å²) in [6.45, 7) is 19.2. The first-order valence-corrected chi connectivity index (χ1v) is 26.3. The van der Waals surface area contributed by atoms with Crippen molar-refractivity contribution in [2.75, 3.05) is 27.7 Å². The van der Waals surface area contributed by atoms with Crippen LogP contribution in [0.3, 0.4) is 0 Å². The number of carbonyl (C=O) groups excluding carboxylic acids is 9. The smallest absolute Gasteiger partial charge is 0.329 e. The van der Waals surface area contributed by atoms with Crippen LogP contribution >= 0.6 is 0 Å². The van der Waals surface area contributed by atoms with Gasteiger partial charge in [-0.25, -0.2) is 4.79 Å². The van der Waals surface area contributed by atoms with Crippen LogP contribution in [0.4, 0.5) is 0 Å². The molecular formula is C54H86N6O13. The van der Waals surface area contributed by atoms with Crippen LogP contribution in [-0.2, 0) is 59.0 Å². The topological polar surface area (TPSA) is 247 Å². The van der Waals surface area contributed by atoms with E-state index in [1.807, 2.05) is 41.5 Å². The molecular weight excluding hydrogens is 941 g/mol. The molecule has 0 bridgehead atoms. The number of ketones is 1. The maximum atomic E-state index is 14.8. The molecule has 0 aliphatic carbocycles. The zero-order valence-corrected chi connectivity index (χ0v) is 45.9. The highest BCUT2D eigenvalue weighted by atomic mass is 16.6. The number of aliphatic hydroxyl groups excluding tert-OH is 1. The summed E-state index contributed by atoms with van der Waals surface area (Å²) in [6.07, 6.45) is -2.29. The Morgan fingerprint density at radius 3 is 2.11 bits per heavy atom. The minimum absolute atomic E-state index is 0.0766. The molecule has 410 valence electrons. The van der Waals surface area contributed by atoms with Gasteiger partial charge in [-0.2, -0.15) is 0 Å². The Hall–Kier alpha value is -5.59. The number of esters is 2. The summed E-state index contributed by atoms with van der Waals surface area (Å²) in [7, 11) is 4.45. The number of cyclic esters (lactones) is 2. The molecule has 6 amide bonds. The SMILES string of the molecule is CCCCC(=O)N(C)[C@H](CC(C)C)C(=O)N[C@@H]1C(=O)N[C@H]([C@@H](C)CC)[C@@H](O)CC(=O)OC(C(C)C)C(=O)[C@H](C)C(=O)N[C@@H](CC(C)C)C(=O)N2CCC[C@H]2C(=O)N(C)[C@@H](Cc2ccc(OC)cc2)C(=O)O[C@@H]1C. The number of benzene rings is 1. The van der Waals surface area contributed by atoms with Gasteiger partial charge in [0.15, 0.2) is 11.9 Å². The summed E-state index contributed by atoms with van der Waals surface area (Å²) in [4.78, 5) is 133. The molecule has 1 aromatic carbocycles. The number of methoxy groups -OCH3 is 1. The molecule has 4 N–H and O–H groups in total. The molecule has 73 heavy (non-hydrogen) atoms. The molecule has 11 atom stereocenters. The zero-order chi connectivity index (χ0) is 55.0. The third-order valence-corrected chi connectivity index (χ3v) is 14.1. The van der Waals surface area contributed by atoms with Crippen LogP contribution < -0.4 is 20.7 Å². The first-order valence-electron chi connectivity index (χ1n) is 26.3. The number of rotatable bonds is 16. The lowest BCUT2D eigenvalue weighted by Gasteiger charge is -2.36. The Morgan fingerprint density at radius 1 is 0.904 bits per heavy atom. The van der Waals surface area contributed by atoms with Gasteiger partial charge in [0, 0.05) is 33.5 Å². The largest absolute Gasteiger partial charge is 0.497 e. The van der Waals surface area contributed by atoms with Crippen LogP contribution in [0.5, 0.6) is 5.75 Å². The lowest BCUT2D eigenvalue weighted by atomic mass is 9.91. The summed E-state index contributed by atoms with van der Waals surface area (Å²) < 4.78 is 17.2. The van der Waals surface area contributed by atoms with Crippen LogP contribution in [-0.4, -0.2) is 155 Å². The van der Waals surface area contributed by atoms with Crippen molar-refractivity contribution in [3.63, 3.8) is 0 Å². The van der Waals surface area contributed by atoms with Gasteiger partial charge in [-0.3, -0.25) is 38.4 Å². The van der Waals surface area contributed by atoms with Gasteiger partial charge >= 0.3 is 11.9 Å². The fourth-order valence-electron chi connectivity index (χ4n) is 9.28. The van der Waals surface area contributed by atoms with Gasteiger partial charge in [-0.05, 0) is 87.3 Å².